The molecule has 0 aromatic heterocycles. The van der Waals surface area contributed by atoms with Gasteiger partial charge in [0.15, 0.2) is 0 Å². The SMILES string of the molecule is O=C1CN(C(=O)c2ccc3c(c2)CCC3)CCN1Cc1ccccc1F. The number of hydrogen-bond acceptors (Lipinski definition) is 2. The van der Waals surface area contributed by atoms with Gasteiger partial charge in [-0.3, -0.25) is 9.59 Å². The summed E-state index contributed by atoms with van der Waals surface area (Å²) in [7, 11) is 0. The van der Waals surface area contributed by atoms with Crippen LogP contribution in [-0.2, 0) is 24.2 Å². The minimum absolute atomic E-state index is 0.0460. The molecule has 1 aliphatic heterocycles. The number of benzene rings is 2. The van der Waals surface area contributed by atoms with Crippen LogP contribution in [-0.4, -0.2) is 41.2 Å². The highest BCUT2D eigenvalue weighted by Crippen LogP contribution is 2.24. The van der Waals surface area contributed by atoms with E-state index in [4.69, 9.17) is 0 Å². The Kier molecular flexibility index (Phi) is 4.45. The number of hydrogen-bond donors (Lipinski definition) is 0. The van der Waals surface area contributed by atoms with E-state index >= 15 is 0 Å². The lowest BCUT2D eigenvalue weighted by atomic mass is 10.1. The minimum atomic E-state index is -0.308. The highest BCUT2D eigenvalue weighted by atomic mass is 19.1. The smallest absolute Gasteiger partial charge is 0.254 e. The van der Waals surface area contributed by atoms with Gasteiger partial charge in [0.05, 0.1) is 0 Å². The summed E-state index contributed by atoms with van der Waals surface area (Å²) < 4.78 is 13.8. The first-order valence-electron chi connectivity index (χ1n) is 9.04. The van der Waals surface area contributed by atoms with Crippen LogP contribution in [0.4, 0.5) is 4.39 Å². The van der Waals surface area contributed by atoms with Crippen molar-refractivity contribution >= 4 is 11.8 Å². The molecular formula is C21H21FN2O2. The quantitative estimate of drug-likeness (QED) is 0.852. The molecule has 2 amide bonds. The first-order chi connectivity index (χ1) is 12.6. The maximum absolute atomic E-state index is 13.8. The van der Waals surface area contributed by atoms with Crippen molar-refractivity contribution in [1.82, 2.24) is 9.80 Å². The van der Waals surface area contributed by atoms with Gasteiger partial charge in [-0.1, -0.05) is 24.3 Å². The first kappa shape index (κ1) is 16.8. The average Bonchev–Trinajstić information content (AvgIpc) is 3.12. The lowest BCUT2D eigenvalue weighted by molar-refractivity contribution is -0.135. The fourth-order valence-corrected chi connectivity index (χ4v) is 3.77. The second kappa shape index (κ2) is 6.90. The number of fused-ring (bicyclic) bond motifs is 1. The highest BCUT2D eigenvalue weighted by Gasteiger charge is 2.28. The zero-order valence-electron chi connectivity index (χ0n) is 14.6. The molecule has 134 valence electrons. The van der Waals surface area contributed by atoms with Gasteiger partial charge in [0.2, 0.25) is 5.91 Å². The molecule has 0 bridgehead atoms. The number of aryl methyl sites for hydroxylation is 2. The third kappa shape index (κ3) is 3.21. The van der Waals surface area contributed by atoms with E-state index < -0.39 is 0 Å². The lowest BCUT2D eigenvalue weighted by Crippen LogP contribution is -2.51. The van der Waals surface area contributed by atoms with Crippen molar-refractivity contribution in [2.75, 3.05) is 19.6 Å². The Bertz CT molecular complexity index is 865. The van der Waals surface area contributed by atoms with E-state index in [-0.39, 0.29) is 30.7 Å². The van der Waals surface area contributed by atoms with Gasteiger partial charge in [0.1, 0.15) is 12.4 Å². The molecular weight excluding hydrogens is 331 g/mol. The summed E-state index contributed by atoms with van der Waals surface area (Å²) in [5.41, 5.74) is 3.73. The van der Waals surface area contributed by atoms with Crippen LogP contribution in [0.25, 0.3) is 0 Å². The molecule has 1 saturated heterocycles. The molecule has 1 heterocycles. The third-order valence-electron chi connectivity index (χ3n) is 5.27. The summed E-state index contributed by atoms with van der Waals surface area (Å²) in [6.07, 6.45) is 3.24. The second-order valence-corrected chi connectivity index (χ2v) is 6.97. The van der Waals surface area contributed by atoms with E-state index in [2.05, 4.69) is 0 Å². The van der Waals surface area contributed by atoms with Crippen LogP contribution in [0, 0.1) is 5.82 Å². The molecule has 0 unspecified atom stereocenters. The lowest BCUT2D eigenvalue weighted by Gasteiger charge is -2.34. The Balaban J connectivity index is 1.42. The minimum Gasteiger partial charge on any atom is -0.335 e. The summed E-state index contributed by atoms with van der Waals surface area (Å²) in [4.78, 5) is 28.4. The Morgan fingerprint density at radius 1 is 1.04 bits per heavy atom. The van der Waals surface area contributed by atoms with Crippen molar-refractivity contribution in [2.45, 2.75) is 25.8 Å². The van der Waals surface area contributed by atoms with Gasteiger partial charge in [-0.25, -0.2) is 4.39 Å². The monoisotopic (exact) mass is 352 g/mol. The molecule has 26 heavy (non-hydrogen) atoms. The number of amides is 2. The van der Waals surface area contributed by atoms with E-state index in [9.17, 15) is 14.0 Å². The van der Waals surface area contributed by atoms with Crippen molar-refractivity contribution in [1.29, 1.82) is 0 Å². The topological polar surface area (TPSA) is 40.6 Å². The molecule has 4 rings (SSSR count). The van der Waals surface area contributed by atoms with Crippen LogP contribution in [0.2, 0.25) is 0 Å². The standard InChI is InChI=1S/C21H21FN2O2/c22-19-7-2-1-4-18(19)13-23-10-11-24(14-20(23)25)21(26)17-9-8-15-5-3-6-16(15)12-17/h1-2,4,7-9,12H,3,5-6,10-11,13-14H2. The van der Waals surface area contributed by atoms with Crippen molar-refractivity contribution in [2.24, 2.45) is 0 Å². The van der Waals surface area contributed by atoms with Crippen LogP contribution < -0.4 is 0 Å². The molecule has 0 saturated carbocycles. The Morgan fingerprint density at radius 2 is 1.85 bits per heavy atom. The largest absolute Gasteiger partial charge is 0.335 e. The number of halogens is 1. The molecule has 0 N–H and O–H groups in total. The maximum atomic E-state index is 13.8. The highest BCUT2D eigenvalue weighted by molar-refractivity contribution is 5.97. The van der Waals surface area contributed by atoms with E-state index in [1.165, 1.54) is 17.2 Å². The van der Waals surface area contributed by atoms with Gasteiger partial charge in [-0.05, 0) is 48.6 Å². The molecule has 1 aliphatic carbocycles. The number of carbonyl (C=O) groups excluding carboxylic acids is 2. The van der Waals surface area contributed by atoms with Crippen molar-refractivity contribution < 1.29 is 14.0 Å². The third-order valence-corrected chi connectivity index (χ3v) is 5.27. The van der Waals surface area contributed by atoms with Crippen molar-refractivity contribution in [3.63, 3.8) is 0 Å². The summed E-state index contributed by atoms with van der Waals surface area (Å²) in [6, 6.07) is 12.3. The molecule has 2 aromatic carbocycles. The number of piperazine rings is 1. The Labute approximate surface area is 152 Å². The zero-order valence-corrected chi connectivity index (χ0v) is 14.6. The van der Waals surface area contributed by atoms with Gasteiger partial charge < -0.3 is 9.80 Å². The second-order valence-electron chi connectivity index (χ2n) is 6.97. The molecule has 5 heteroatoms. The fourth-order valence-electron chi connectivity index (χ4n) is 3.77. The average molecular weight is 352 g/mol. The molecule has 0 radical (unpaired) electrons. The van der Waals surface area contributed by atoms with Gasteiger partial charge >= 0.3 is 0 Å². The summed E-state index contributed by atoms with van der Waals surface area (Å²) >= 11 is 0. The predicted octanol–water partition coefficient (Wildman–Crippen LogP) is 2.80. The van der Waals surface area contributed by atoms with Gasteiger partial charge in [-0.2, -0.15) is 0 Å². The number of carbonyl (C=O) groups is 2. The van der Waals surface area contributed by atoms with Crippen molar-refractivity contribution in [3.8, 4) is 0 Å². The zero-order chi connectivity index (χ0) is 18.1. The van der Waals surface area contributed by atoms with Gasteiger partial charge in [-0.15, -0.1) is 0 Å². The van der Waals surface area contributed by atoms with Crippen LogP contribution in [0.15, 0.2) is 42.5 Å². The van der Waals surface area contributed by atoms with Crippen LogP contribution in [0.5, 0.6) is 0 Å². The summed E-state index contributed by atoms with van der Waals surface area (Å²) in [5, 5.41) is 0. The normalized spacial score (nSPS) is 16.7. The number of rotatable bonds is 3. The fraction of sp³-hybridized carbons (Fsp3) is 0.333. The summed E-state index contributed by atoms with van der Waals surface area (Å²) in [6.45, 7) is 1.18. The molecule has 0 spiro atoms. The Hall–Kier alpha value is -2.69. The molecule has 4 nitrogen and oxygen atoms in total. The van der Waals surface area contributed by atoms with Gasteiger partial charge in [0.25, 0.3) is 5.91 Å². The Morgan fingerprint density at radius 3 is 2.65 bits per heavy atom. The molecule has 0 atom stereocenters. The van der Waals surface area contributed by atoms with Crippen molar-refractivity contribution in [3.05, 3.63) is 70.5 Å². The molecule has 2 aliphatic rings. The van der Waals surface area contributed by atoms with E-state index in [1.54, 1.807) is 28.0 Å². The predicted molar refractivity (Wildman–Crippen MR) is 96.2 cm³/mol. The van der Waals surface area contributed by atoms with E-state index in [0.717, 1.165) is 19.3 Å². The summed E-state index contributed by atoms with van der Waals surface area (Å²) in [5.74, 6) is -0.551. The van der Waals surface area contributed by atoms with Gasteiger partial charge in [0, 0.05) is 30.8 Å². The van der Waals surface area contributed by atoms with Crippen LogP contribution >= 0.6 is 0 Å². The van der Waals surface area contributed by atoms with Crippen LogP contribution in [0.3, 0.4) is 0 Å². The van der Waals surface area contributed by atoms with E-state index in [0.29, 0.717) is 24.2 Å². The molecule has 1 fully saturated rings. The van der Waals surface area contributed by atoms with Crippen LogP contribution in [0.1, 0.15) is 33.5 Å². The maximum Gasteiger partial charge on any atom is 0.254 e. The van der Waals surface area contributed by atoms with E-state index in [1.807, 2.05) is 18.2 Å². The first-order valence-corrected chi connectivity index (χ1v) is 9.04. The molecule has 2 aromatic rings. The number of nitrogens with zero attached hydrogens (tertiary/aromatic N) is 2.